The Morgan fingerprint density at radius 1 is 1.25 bits per heavy atom. The maximum atomic E-state index is 11.6. The van der Waals surface area contributed by atoms with Crippen molar-refractivity contribution in [1.29, 1.82) is 0 Å². The fraction of sp³-hybridized carbons (Fsp3) is 0.538. The number of carbonyl (C=O) groups is 2. The van der Waals surface area contributed by atoms with Crippen molar-refractivity contribution in [2.45, 2.75) is 31.8 Å². The fourth-order valence-electron chi connectivity index (χ4n) is 2.19. The van der Waals surface area contributed by atoms with Crippen molar-refractivity contribution < 1.29 is 19.4 Å². The number of carboxylic acid groups (broad SMARTS) is 1. The Hall–Kier alpha value is -2.02. The molecule has 1 aliphatic carbocycles. The van der Waals surface area contributed by atoms with E-state index in [1.807, 2.05) is 0 Å². The molecular formula is C13H17N3O4. The second-order valence-electron chi connectivity index (χ2n) is 4.74. The summed E-state index contributed by atoms with van der Waals surface area (Å²) in [5.74, 6) is -1.09. The number of ether oxygens (including phenoxy) is 1. The molecule has 0 aromatic carbocycles. The van der Waals surface area contributed by atoms with Crippen molar-refractivity contribution in [3.63, 3.8) is 0 Å². The summed E-state index contributed by atoms with van der Waals surface area (Å²) in [5, 5.41) is 11.4. The van der Waals surface area contributed by atoms with Gasteiger partial charge in [0.15, 0.2) is 0 Å². The van der Waals surface area contributed by atoms with Crippen LogP contribution in [0.1, 0.15) is 25.7 Å². The summed E-state index contributed by atoms with van der Waals surface area (Å²) in [6.45, 7) is -0.0688. The summed E-state index contributed by atoms with van der Waals surface area (Å²) < 4.78 is 5.48. The maximum absolute atomic E-state index is 11.6. The molecule has 1 heterocycles. The zero-order valence-corrected chi connectivity index (χ0v) is 11.0. The largest absolute Gasteiger partial charge is 0.481 e. The quantitative estimate of drug-likeness (QED) is 0.836. The molecule has 2 rings (SSSR count). The molecule has 1 aromatic rings. The normalized spacial score (nSPS) is 22.2. The highest BCUT2D eigenvalue weighted by molar-refractivity contribution is 5.89. The second-order valence-corrected chi connectivity index (χ2v) is 4.74. The topological polar surface area (TPSA) is 101 Å². The lowest BCUT2D eigenvalue weighted by molar-refractivity contribution is -0.144. The van der Waals surface area contributed by atoms with Gasteiger partial charge in [0.1, 0.15) is 6.61 Å². The minimum Gasteiger partial charge on any atom is -0.481 e. The molecule has 2 N–H and O–H groups in total. The number of carboxylic acids is 1. The van der Waals surface area contributed by atoms with Crippen LogP contribution in [-0.2, 0) is 14.3 Å². The summed E-state index contributed by atoms with van der Waals surface area (Å²) in [6, 6.07) is 1.66. The molecule has 0 saturated heterocycles. The summed E-state index contributed by atoms with van der Waals surface area (Å²) in [5.41, 5.74) is 0. The fourth-order valence-corrected chi connectivity index (χ4v) is 2.19. The Bertz CT molecular complexity index is 458. The summed E-state index contributed by atoms with van der Waals surface area (Å²) in [4.78, 5) is 30.2. The van der Waals surface area contributed by atoms with E-state index < -0.39 is 5.97 Å². The first-order valence-corrected chi connectivity index (χ1v) is 6.56. The van der Waals surface area contributed by atoms with Crippen molar-refractivity contribution >= 4 is 17.8 Å². The van der Waals surface area contributed by atoms with Gasteiger partial charge in [-0.3, -0.25) is 14.9 Å². The van der Waals surface area contributed by atoms with Crippen LogP contribution in [0.4, 0.5) is 5.95 Å². The van der Waals surface area contributed by atoms with Crippen LogP contribution in [0.3, 0.4) is 0 Å². The lowest BCUT2D eigenvalue weighted by Crippen LogP contribution is -2.29. The van der Waals surface area contributed by atoms with E-state index in [1.165, 1.54) is 12.4 Å². The number of rotatable bonds is 5. The number of amides is 1. The lowest BCUT2D eigenvalue weighted by Gasteiger charge is -2.25. The van der Waals surface area contributed by atoms with Crippen LogP contribution in [0, 0.1) is 5.92 Å². The third kappa shape index (κ3) is 4.27. The highest BCUT2D eigenvalue weighted by Gasteiger charge is 2.26. The van der Waals surface area contributed by atoms with Crippen LogP contribution in [0.25, 0.3) is 0 Å². The van der Waals surface area contributed by atoms with Crippen LogP contribution in [-0.4, -0.2) is 39.7 Å². The molecular weight excluding hydrogens is 262 g/mol. The van der Waals surface area contributed by atoms with Crippen LogP contribution in [0.15, 0.2) is 18.5 Å². The summed E-state index contributed by atoms with van der Waals surface area (Å²) in [7, 11) is 0. The molecule has 1 aliphatic rings. The van der Waals surface area contributed by atoms with Gasteiger partial charge in [0.25, 0.3) is 5.91 Å². The number of carbonyl (C=O) groups excluding carboxylic acids is 1. The second kappa shape index (κ2) is 6.95. The molecule has 7 heteroatoms. The average molecular weight is 279 g/mol. The van der Waals surface area contributed by atoms with Crippen molar-refractivity contribution in [3.8, 4) is 0 Å². The van der Waals surface area contributed by atoms with E-state index >= 15 is 0 Å². The molecule has 0 aliphatic heterocycles. The molecule has 0 spiro atoms. The van der Waals surface area contributed by atoms with Crippen molar-refractivity contribution in [1.82, 2.24) is 9.97 Å². The molecule has 7 nitrogen and oxygen atoms in total. The number of aliphatic carboxylic acids is 1. The minimum absolute atomic E-state index is 0.0481. The summed E-state index contributed by atoms with van der Waals surface area (Å²) >= 11 is 0. The van der Waals surface area contributed by atoms with E-state index in [1.54, 1.807) is 6.07 Å². The van der Waals surface area contributed by atoms with E-state index in [9.17, 15) is 9.59 Å². The van der Waals surface area contributed by atoms with Crippen molar-refractivity contribution in [2.24, 2.45) is 5.92 Å². The Kier molecular flexibility index (Phi) is 5.00. The van der Waals surface area contributed by atoms with E-state index in [-0.39, 0.29) is 30.5 Å². The van der Waals surface area contributed by atoms with Crippen LogP contribution >= 0.6 is 0 Å². The number of anilines is 1. The molecule has 1 amide bonds. The predicted molar refractivity (Wildman–Crippen MR) is 70.0 cm³/mol. The smallest absolute Gasteiger partial charge is 0.306 e. The lowest BCUT2D eigenvalue weighted by atomic mass is 9.87. The highest BCUT2D eigenvalue weighted by Crippen LogP contribution is 2.26. The molecule has 108 valence electrons. The summed E-state index contributed by atoms with van der Waals surface area (Å²) in [6.07, 6.45) is 5.58. The van der Waals surface area contributed by atoms with E-state index in [0.29, 0.717) is 25.7 Å². The Morgan fingerprint density at radius 3 is 2.50 bits per heavy atom. The van der Waals surface area contributed by atoms with E-state index in [2.05, 4.69) is 15.3 Å². The Morgan fingerprint density at radius 2 is 1.90 bits per heavy atom. The first-order chi connectivity index (χ1) is 9.65. The predicted octanol–water partition coefficient (Wildman–Crippen LogP) is 1.08. The van der Waals surface area contributed by atoms with E-state index in [0.717, 1.165) is 0 Å². The van der Waals surface area contributed by atoms with Crippen LogP contribution < -0.4 is 5.32 Å². The van der Waals surface area contributed by atoms with Crippen molar-refractivity contribution in [3.05, 3.63) is 18.5 Å². The van der Waals surface area contributed by atoms with Gasteiger partial charge in [-0.1, -0.05) is 0 Å². The molecule has 1 aromatic heterocycles. The first kappa shape index (κ1) is 14.4. The van der Waals surface area contributed by atoms with Gasteiger partial charge in [0, 0.05) is 12.4 Å². The molecule has 1 fully saturated rings. The third-order valence-electron chi connectivity index (χ3n) is 3.29. The highest BCUT2D eigenvalue weighted by atomic mass is 16.5. The SMILES string of the molecule is O=C(COC1CCC(C(=O)O)CC1)Nc1ncccn1. The molecule has 0 radical (unpaired) electrons. The van der Waals surface area contributed by atoms with Gasteiger partial charge in [-0.15, -0.1) is 0 Å². The average Bonchev–Trinajstić information content (AvgIpc) is 2.46. The van der Waals surface area contributed by atoms with E-state index in [4.69, 9.17) is 9.84 Å². The zero-order valence-electron chi connectivity index (χ0n) is 11.0. The molecule has 0 unspecified atom stereocenters. The maximum Gasteiger partial charge on any atom is 0.306 e. The molecule has 20 heavy (non-hydrogen) atoms. The number of aromatic nitrogens is 2. The molecule has 0 atom stereocenters. The van der Waals surface area contributed by atoms with Gasteiger partial charge < -0.3 is 9.84 Å². The Balaban J connectivity index is 1.68. The van der Waals surface area contributed by atoms with Gasteiger partial charge in [0.2, 0.25) is 5.95 Å². The minimum atomic E-state index is -0.748. The number of hydrogen-bond donors (Lipinski definition) is 2. The third-order valence-corrected chi connectivity index (χ3v) is 3.29. The standard InChI is InChI=1S/C13H17N3O4/c17-11(16-13-14-6-1-7-15-13)8-20-10-4-2-9(3-5-10)12(18)19/h1,6-7,9-10H,2-5,8H2,(H,18,19)(H,14,15,16,17). The number of nitrogens with one attached hydrogen (secondary N) is 1. The van der Waals surface area contributed by atoms with Gasteiger partial charge in [0.05, 0.1) is 12.0 Å². The van der Waals surface area contributed by atoms with Crippen LogP contribution in [0.5, 0.6) is 0 Å². The zero-order chi connectivity index (χ0) is 14.4. The van der Waals surface area contributed by atoms with Gasteiger partial charge in [-0.05, 0) is 31.7 Å². The molecule has 0 bridgehead atoms. The van der Waals surface area contributed by atoms with Gasteiger partial charge >= 0.3 is 5.97 Å². The van der Waals surface area contributed by atoms with Crippen LogP contribution in [0.2, 0.25) is 0 Å². The number of nitrogens with zero attached hydrogens (tertiary/aromatic N) is 2. The monoisotopic (exact) mass is 279 g/mol. The van der Waals surface area contributed by atoms with Crippen molar-refractivity contribution in [2.75, 3.05) is 11.9 Å². The Labute approximate surface area is 116 Å². The van der Waals surface area contributed by atoms with Gasteiger partial charge in [-0.25, -0.2) is 9.97 Å². The first-order valence-electron chi connectivity index (χ1n) is 6.56. The molecule has 1 saturated carbocycles. The van der Waals surface area contributed by atoms with Gasteiger partial charge in [-0.2, -0.15) is 0 Å². The number of hydrogen-bond acceptors (Lipinski definition) is 5.